The molecule has 2 aromatic rings. The van der Waals surface area contributed by atoms with E-state index in [9.17, 15) is 10.1 Å². The Hall–Kier alpha value is -3.06. The number of nitrogens with zero attached hydrogens (tertiary/aromatic N) is 2. The summed E-state index contributed by atoms with van der Waals surface area (Å²) in [5.74, 6) is 0.0304. The lowest BCUT2D eigenvalue weighted by Crippen LogP contribution is -2.45. The van der Waals surface area contributed by atoms with E-state index in [0.717, 1.165) is 34.4 Å². The van der Waals surface area contributed by atoms with Gasteiger partial charge in [-0.25, -0.2) is 0 Å². The fourth-order valence-electron chi connectivity index (χ4n) is 4.27. The van der Waals surface area contributed by atoms with Crippen molar-refractivity contribution in [3.05, 3.63) is 63.7 Å². The van der Waals surface area contributed by atoms with Crippen molar-refractivity contribution in [2.75, 3.05) is 17.3 Å². The molecule has 0 fully saturated rings. The summed E-state index contributed by atoms with van der Waals surface area (Å²) >= 11 is 0. The van der Waals surface area contributed by atoms with Crippen molar-refractivity contribution >= 4 is 23.4 Å². The lowest BCUT2D eigenvalue weighted by atomic mass is 9.79. The van der Waals surface area contributed by atoms with Crippen LogP contribution < -0.4 is 10.2 Å². The van der Waals surface area contributed by atoms with Crippen LogP contribution in [-0.4, -0.2) is 18.5 Å². The average molecular weight is 402 g/mol. The molecule has 1 amide bonds. The highest BCUT2D eigenvalue weighted by Gasteiger charge is 2.34. The van der Waals surface area contributed by atoms with Gasteiger partial charge in [0, 0.05) is 24.0 Å². The van der Waals surface area contributed by atoms with E-state index >= 15 is 0 Å². The van der Waals surface area contributed by atoms with Crippen molar-refractivity contribution in [1.82, 2.24) is 0 Å². The Morgan fingerprint density at radius 3 is 2.60 bits per heavy atom. The van der Waals surface area contributed by atoms with Crippen LogP contribution in [0.5, 0.6) is 0 Å². The number of anilines is 2. The van der Waals surface area contributed by atoms with Gasteiger partial charge in [0.1, 0.15) is 11.6 Å². The van der Waals surface area contributed by atoms with Crippen molar-refractivity contribution in [2.45, 2.75) is 59.4 Å². The number of amides is 1. The van der Waals surface area contributed by atoms with E-state index in [0.29, 0.717) is 5.92 Å². The molecular weight excluding hydrogens is 370 g/mol. The van der Waals surface area contributed by atoms with Gasteiger partial charge in [0.15, 0.2) is 0 Å². The third-order valence-electron chi connectivity index (χ3n) is 6.54. The lowest BCUT2D eigenvalue weighted by Gasteiger charge is -2.45. The molecule has 2 aromatic carbocycles. The summed E-state index contributed by atoms with van der Waals surface area (Å²) in [6, 6.07) is 12.2. The Kier molecular flexibility index (Phi) is 5.76. The van der Waals surface area contributed by atoms with E-state index in [1.807, 2.05) is 39.0 Å². The van der Waals surface area contributed by atoms with Crippen LogP contribution in [0.25, 0.3) is 6.08 Å². The number of carbonyl (C=O) groups is 1. The van der Waals surface area contributed by atoms with Gasteiger partial charge in [-0.2, -0.15) is 5.26 Å². The molecule has 0 bridgehead atoms. The summed E-state index contributed by atoms with van der Waals surface area (Å²) in [5.41, 5.74) is 7.51. The largest absolute Gasteiger partial charge is 0.369 e. The zero-order valence-electron chi connectivity index (χ0n) is 19.1. The third kappa shape index (κ3) is 3.98. The normalized spacial score (nSPS) is 17.9. The van der Waals surface area contributed by atoms with Crippen LogP contribution in [0.1, 0.15) is 60.9 Å². The highest BCUT2D eigenvalue weighted by Crippen LogP contribution is 2.43. The predicted molar refractivity (Wildman–Crippen MR) is 125 cm³/mol. The summed E-state index contributed by atoms with van der Waals surface area (Å²) in [5, 5.41) is 12.6. The third-order valence-corrected chi connectivity index (χ3v) is 6.54. The van der Waals surface area contributed by atoms with E-state index < -0.39 is 0 Å². The number of nitriles is 1. The number of carbonyl (C=O) groups excluding carboxylic acids is 1. The first-order valence-electron chi connectivity index (χ1n) is 10.4. The van der Waals surface area contributed by atoms with Gasteiger partial charge in [0.05, 0.1) is 0 Å². The van der Waals surface area contributed by atoms with E-state index in [1.165, 1.54) is 11.3 Å². The number of benzene rings is 2. The minimum Gasteiger partial charge on any atom is -0.369 e. The molecular formula is C26H31N3O. The number of nitrogens with one attached hydrogen (secondary N) is 1. The molecule has 0 saturated carbocycles. The second-order valence-corrected chi connectivity index (χ2v) is 9.12. The molecule has 4 nitrogen and oxygen atoms in total. The highest BCUT2D eigenvalue weighted by atomic mass is 16.1. The Bertz CT molecular complexity index is 1070. The van der Waals surface area contributed by atoms with Gasteiger partial charge < -0.3 is 10.2 Å². The Morgan fingerprint density at radius 2 is 1.93 bits per heavy atom. The minimum atomic E-state index is -0.380. The fourth-order valence-corrected chi connectivity index (χ4v) is 4.27. The first kappa shape index (κ1) is 21.6. The molecule has 1 atom stereocenters. The molecule has 0 aliphatic carbocycles. The summed E-state index contributed by atoms with van der Waals surface area (Å²) in [7, 11) is 2.14. The first-order chi connectivity index (χ1) is 14.0. The molecule has 0 spiro atoms. The standard InChI is InChI=1S/C26H31N3O/c1-16-9-8-10-23(19(16)4)28-25(30)21(15-27)12-20-13-22-18(3)14-26(5,6)29(7)24(22)11-17(20)2/h8-13,18H,14H2,1-7H3,(H,28,30)/b21-12-. The van der Waals surface area contributed by atoms with E-state index in [2.05, 4.69) is 56.2 Å². The molecule has 1 N–H and O–H groups in total. The molecule has 1 heterocycles. The molecule has 1 unspecified atom stereocenters. The van der Waals surface area contributed by atoms with Gasteiger partial charge in [-0.05, 0) is 99.0 Å². The lowest BCUT2D eigenvalue weighted by molar-refractivity contribution is -0.112. The number of hydrogen-bond acceptors (Lipinski definition) is 3. The monoisotopic (exact) mass is 401 g/mol. The Balaban J connectivity index is 1.97. The van der Waals surface area contributed by atoms with E-state index in [4.69, 9.17) is 0 Å². The van der Waals surface area contributed by atoms with Gasteiger partial charge in [-0.15, -0.1) is 0 Å². The summed E-state index contributed by atoms with van der Waals surface area (Å²) < 4.78 is 0. The molecule has 3 rings (SSSR count). The second kappa shape index (κ2) is 7.99. The smallest absolute Gasteiger partial charge is 0.266 e. The van der Waals surface area contributed by atoms with Crippen LogP contribution in [0.15, 0.2) is 35.9 Å². The predicted octanol–water partition coefficient (Wildman–Crippen LogP) is 5.88. The maximum absolute atomic E-state index is 12.8. The minimum absolute atomic E-state index is 0.0968. The molecule has 1 aliphatic rings. The van der Waals surface area contributed by atoms with Crippen molar-refractivity contribution in [1.29, 1.82) is 5.26 Å². The zero-order chi connectivity index (χ0) is 22.2. The Labute approximate surface area is 180 Å². The van der Waals surface area contributed by atoms with Gasteiger partial charge in [-0.1, -0.05) is 19.1 Å². The molecule has 0 aromatic heterocycles. The topological polar surface area (TPSA) is 56.1 Å². The van der Waals surface area contributed by atoms with Gasteiger partial charge in [0.25, 0.3) is 5.91 Å². The van der Waals surface area contributed by atoms with Gasteiger partial charge >= 0.3 is 0 Å². The van der Waals surface area contributed by atoms with E-state index in [1.54, 1.807) is 6.08 Å². The van der Waals surface area contributed by atoms with Crippen LogP contribution in [-0.2, 0) is 4.79 Å². The molecule has 0 radical (unpaired) electrons. The number of rotatable bonds is 3. The number of aryl methyl sites for hydroxylation is 2. The molecule has 30 heavy (non-hydrogen) atoms. The van der Waals surface area contributed by atoms with Crippen molar-refractivity contribution < 1.29 is 4.79 Å². The highest BCUT2D eigenvalue weighted by molar-refractivity contribution is 6.10. The maximum Gasteiger partial charge on any atom is 0.266 e. The Morgan fingerprint density at radius 1 is 1.23 bits per heavy atom. The van der Waals surface area contributed by atoms with Crippen molar-refractivity contribution in [3.63, 3.8) is 0 Å². The second-order valence-electron chi connectivity index (χ2n) is 9.12. The van der Waals surface area contributed by atoms with Crippen LogP contribution >= 0.6 is 0 Å². The van der Waals surface area contributed by atoms with Crippen molar-refractivity contribution in [3.8, 4) is 6.07 Å². The zero-order valence-corrected chi connectivity index (χ0v) is 19.1. The van der Waals surface area contributed by atoms with E-state index in [-0.39, 0.29) is 17.0 Å². The van der Waals surface area contributed by atoms with Crippen LogP contribution in [0, 0.1) is 32.1 Å². The van der Waals surface area contributed by atoms with Crippen LogP contribution in [0.3, 0.4) is 0 Å². The maximum atomic E-state index is 12.8. The quantitative estimate of drug-likeness (QED) is 0.516. The summed E-state index contributed by atoms with van der Waals surface area (Å²) in [6.07, 6.45) is 2.77. The van der Waals surface area contributed by atoms with Crippen molar-refractivity contribution in [2.24, 2.45) is 0 Å². The van der Waals surface area contributed by atoms with Crippen LogP contribution in [0.2, 0.25) is 0 Å². The fraction of sp³-hybridized carbons (Fsp3) is 0.385. The van der Waals surface area contributed by atoms with Gasteiger partial charge in [-0.3, -0.25) is 4.79 Å². The molecule has 0 saturated heterocycles. The average Bonchev–Trinajstić information content (AvgIpc) is 2.68. The SMILES string of the molecule is Cc1cc2c(cc1/C=C(/C#N)C(=O)Nc1cccc(C)c1C)C(C)CC(C)(C)N2C. The van der Waals surface area contributed by atoms with Gasteiger partial charge in [0.2, 0.25) is 0 Å². The molecule has 1 aliphatic heterocycles. The summed E-state index contributed by atoms with van der Waals surface area (Å²) in [4.78, 5) is 15.1. The van der Waals surface area contributed by atoms with Crippen LogP contribution in [0.4, 0.5) is 11.4 Å². The molecule has 156 valence electrons. The molecule has 4 heteroatoms. The first-order valence-corrected chi connectivity index (χ1v) is 10.4. The number of fused-ring (bicyclic) bond motifs is 1. The summed E-state index contributed by atoms with van der Waals surface area (Å²) in [6.45, 7) is 12.8. The number of hydrogen-bond donors (Lipinski definition) is 1.